The van der Waals surface area contributed by atoms with Gasteiger partial charge < -0.3 is 15.8 Å². The first-order valence-corrected chi connectivity index (χ1v) is 8.40. The van der Waals surface area contributed by atoms with Crippen LogP contribution in [0.15, 0.2) is 40.9 Å². The number of nitrogens with one attached hydrogen (secondary N) is 1. The topological polar surface area (TPSA) is 64.3 Å². The first kappa shape index (κ1) is 18.6. The predicted octanol–water partition coefficient (Wildman–Crippen LogP) is 4.27. The van der Waals surface area contributed by atoms with Crippen molar-refractivity contribution >= 4 is 39.9 Å². The molecule has 4 nitrogen and oxygen atoms in total. The molecule has 1 atom stereocenters. The highest BCUT2D eigenvalue weighted by molar-refractivity contribution is 9.10. The summed E-state index contributed by atoms with van der Waals surface area (Å²) in [7, 11) is 1.59. The third-order valence-corrected chi connectivity index (χ3v) is 4.90. The summed E-state index contributed by atoms with van der Waals surface area (Å²) >= 11 is 3.43. The van der Waals surface area contributed by atoms with E-state index in [0.717, 1.165) is 35.0 Å². The fourth-order valence-corrected chi connectivity index (χ4v) is 3.45. The number of nitrogens with two attached hydrogens (primary N) is 1. The summed E-state index contributed by atoms with van der Waals surface area (Å²) in [5.74, 6) is 0.556. The van der Waals surface area contributed by atoms with Crippen LogP contribution in [0.4, 0.5) is 5.69 Å². The van der Waals surface area contributed by atoms with Crippen LogP contribution in [0.1, 0.15) is 40.4 Å². The summed E-state index contributed by atoms with van der Waals surface area (Å²) in [5.41, 5.74) is 9.60. The van der Waals surface area contributed by atoms with Crippen molar-refractivity contribution in [1.29, 1.82) is 0 Å². The minimum absolute atomic E-state index is 0. The zero-order chi connectivity index (χ0) is 16.4. The monoisotopic (exact) mass is 410 g/mol. The highest BCUT2D eigenvalue weighted by Gasteiger charge is 2.23. The second-order valence-corrected chi connectivity index (χ2v) is 6.58. The van der Waals surface area contributed by atoms with Crippen LogP contribution in [0.3, 0.4) is 0 Å². The molecule has 1 amide bonds. The molecule has 0 radical (unpaired) electrons. The Bertz CT molecular complexity index is 752. The van der Waals surface area contributed by atoms with Crippen LogP contribution in [0.25, 0.3) is 0 Å². The molecular formula is C18H20BrClN2O2. The van der Waals surface area contributed by atoms with Gasteiger partial charge in [-0.25, -0.2) is 0 Å². The van der Waals surface area contributed by atoms with Crippen LogP contribution in [-0.2, 0) is 6.42 Å². The standard InChI is InChI=1S/C18H19BrN2O2.ClH/c1-23-13-6-8-16(19)15(10-13)18(22)21-17-4-2-3-11-9-12(20)5-7-14(11)17;/h5-10,17H,2-4,20H2,1H3,(H,21,22);1H. The van der Waals surface area contributed by atoms with Crippen molar-refractivity contribution in [2.75, 3.05) is 12.8 Å². The molecule has 1 unspecified atom stereocenters. The number of hydrogen-bond donors (Lipinski definition) is 2. The number of fused-ring (bicyclic) bond motifs is 1. The van der Waals surface area contributed by atoms with Gasteiger partial charge in [-0.2, -0.15) is 0 Å². The van der Waals surface area contributed by atoms with Gasteiger partial charge >= 0.3 is 0 Å². The average molecular weight is 412 g/mol. The Balaban J connectivity index is 0.00000208. The van der Waals surface area contributed by atoms with Crippen LogP contribution in [0.2, 0.25) is 0 Å². The Morgan fingerprint density at radius 1 is 1.29 bits per heavy atom. The predicted molar refractivity (Wildman–Crippen MR) is 102 cm³/mol. The Morgan fingerprint density at radius 2 is 2.08 bits per heavy atom. The molecule has 2 aromatic carbocycles. The van der Waals surface area contributed by atoms with E-state index < -0.39 is 0 Å². The summed E-state index contributed by atoms with van der Waals surface area (Å²) in [6, 6.07) is 11.3. The van der Waals surface area contributed by atoms with Gasteiger partial charge in [0, 0.05) is 10.2 Å². The summed E-state index contributed by atoms with van der Waals surface area (Å²) in [4.78, 5) is 12.7. The lowest BCUT2D eigenvalue weighted by molar-refractivity contribution is 0.0931. The Labute approximate surface area is 156 Å². The molecule has 0 aliphatic heterocycles. The van der Waals surface area contributed by atoms with E-state index in [1.165, 1.54) is 5.56 Å². The van der Waals surface area contributed by atoms with Gasteiger partial charge in [0.25, 0.3) is 5.91 Å². The molecule has 3 N–H and O–H groups in total. The molecule has 0 heterocycles. The van der Waals surface area contributed by atoms with E-state index in [-0.39, 0.29) is 24.4 Å². The molecule has 0 bridgehead atoms. The zero-order valence-corrected chi connectivity index (χ0v) is 15.7. The SMILES string of the molecule is COc1ccc(Br)c(C(=O)NC2CCCc3cc(N)ccc32)c1.Cl. The lowest BCUT2D eigenvalue weighted by Gasteiger charge is -2.27. The normalized spacial score (nSPS) is 15.8. The molecule has 0 spiro atoms. The van der Waals surface area contributed by atoms with E-state index >= 15 is 0 Å². The number of methoxy groups -OCH3 is 1. The van der Waals surface area contributed by atoms with E-state index in [9.17, 15) is 4.79 Å². The number of carbonyl (C=O) groups is 1. The van der Waals surface area contributed by atoms with Crippen molar-refractivity contribution < 1.29 is 9.53 Å². The van der Waals surface area contributed by atoms with Crippen molar-refractivity contribution in [3.05, 3.63) is 57.6 Å². The lowest BCUT2D eigenvalue weighted by Crippen LogP contribution is -2.31. The molecule has 6 heteroatoms. The summed E-state index contributed by atoms with van der Waals surface area (Å²) < 4.78 is 5.96. The molecule has 3 rings (SSSR count). The quantitative estimate of drug-likeness (QED) is 0.741. The van der Waals surface area contributed by atoms with Gasteiger partial charge in [0.2, 0.25) is 0 Å². The highest BCUT2D eigenvalue weighted by Crippen LogP contribution is 2.32. The minimum Gasteiger partial charge on any atom is -0.497 e. The average Bonchev–Trinajstić information content (AvgIpc) is 2.55. The van der Waals surface area contributed by atoms with Crippen molar-refractivity contribution in [2.24, 2.45) is 0 Å². The number of nitrogen functional groups attached to an aromatic ring is 1. The summed E-state index contributed by atoms with van der Waals surface area (Å²) in [6.07, 6.45) is 2.99. The Morgan fingerprint density at radius 3 is 2.83 bits per heavy atom. The molecule has 0 aromatic heterocycles. The van der Waals surface area contributed by atoms with E-state index in [2.05, 4.69) is 21.2 Å². The third kappa shape index (κ3) is 3.84. The van der Waals surface area contributed by atoms with Gasteiger partial charge in [0.15, 0.2) is 0 Å². The zero-order valence-electron chi connectivity index (χ0n) is 13.3. The van der Waals surface area contributed by atoms with Gasteiger partial charge in [0.05, 0.1) is 18.7 Å². The lowest BCUT2D eigenvalue weighted by atomic mass is 9.87. The van der Waals surface area contributed by atoms with Crippen LogP contribution in [-0.4, -0.2) is 13.0 Å². The molecule has 24 heavy (non-hydrogen) atoms. The van der Waals surface area contributed by atoms with Crippen molar-refractivity contribution in [2.45, 2.75) is 25.3 Å². The number of halogens is 2. The maximum Gasteiger partial charge on any atom is 0.253 e. The molecular weight excluding hydrogens is 392 g/mol. The highest BCUT2D eigenvalue weighted by atomic mass is 79.9. The summed E-state index contributed by atoms with van der Waals surface area (Å²) in [6.45, 7) is 0. The van der Waals surface area contributed by atoms with Crippen molar-refractivity contribution in [3.63, 3.8) is 0 Å². The maximum absolute atomic E-state index is 12.7. The van der Waals surface area contributed by atoms with Gasteiger partial charge in [-0.1, -0.05) is 6.07 Å². The number of rotatable bonds is 3. The molecule has 1 aliphatic rings. The Kier molecular flexibility index (Phi) is 6.13. The third-order valence-electron chi connectivity index (χ3n) is 4.20. The molecule has 1 aliphatic carbocycles. The van der Waals surface area contributed by atoms with Gasteiger partial charge in [-0.15, -0.1) is 12.4 Å². The van der Waals surface area contributed by atoms with Crippen LogP contribution < -0.4 is 15.8 Å². The number of benzene rings is 2. The second kappa shape index (κ2) is 7.90. The number of aryl methyl sites for hydroxylation is 1. The van der Waals surface area contributed by atoms with Crippen LogP contribution >= 0.6 is 28.3 Å². The number of ether oxygens (including phenoxy) is 1. The van der Waals surface area contributed by atoms with E-state index in [4.69, 9.17) is 10.5 Å². The molecule has 2 aromatic rings. The largest absolute Gasteiger partial charge is 0.497 e. The molecule has 128 valence electrons. The second-order valence-electron chi connectivity index (χ2n) is 5.72. The molecule has 0 fully saturated rings. The van der Waals surface area contributed by atoms with Gasteiger partial charge in [-0.3, -0.25) is 4.79 Å². The van der Waals surface area contributed by atoms with Crippen molar-refractivity contribution in [1.82, 2.24) is 5.32 Å². The summed E-state index contributed by atoms with van der Waals surface area (Å²) in [5, 5.41) is 3.14. The smallest absolute Gasteiger partial charge is 0.253 e. The number of carbonyl (C=O) groups excluding carboxylic acids is 1. The number of hydrogen-bond acceptors (Lipinski definition) is 3. The van der Waals surface area contributed by atoms with Crippen LogP contribution in [0.5, 0.6) is 5.75 Å². The van der Waals surface area contributed by atoms with E-state index in [1.54, 1.807) is 13.2 Å². The number of amides is 1. The van der Waals surface area contributed by atoms with Crippen LogP contribution in [0, 0.1) is 0 Å². The molecule has 0 saturated carbocycles. The van der Waals surface area contributed by atoms with Gasteiger partial charge in [-0.05, 0) is 76.7 Å². The van der Waals surface area contributed by atoms with E-state index in [0.29, 0.717) is 11.3 Å². The minimum atomic E-state index is -0.106. The maximum atomic E-state index is 12.7. The molecule has 0 saturated heterocycles. The fraction of sp³-hybridized carbons (Fsp3) is 0.278. The first-order valence-electron chi connectivity index (χ1n) is 7.61. The number of anilines is 1. The van der Waals surface area contributed by atoms with Crippen molar-refractivity contribution in [3.8, 4) is 5.75 Å². The first-order chi connectivity index (χ1) is 11.1. The van der Waals surface area contributed by atoms with E-state index in [1.807, 2.05) is 30.3 Å². The Hall–Kier alpha value is -1.72. The van der Waals surface area contributed by atoms with Gasteiger partial charge in [0.1, 0.15) is 5.75 Å². The fourth-order valence-electron chi connectivity index (χ4n) is 3.03.